The summed E-state index contributed by atoms with van der Waals surface area (Å²) in [7, 11) is 0. The lowest BCUT2D eigenvalue weighted by Crippen LogP contribution is -2.11. The SMILES string of the molecule is Brc1ccc(CNCc2cn3ccccc3n2)s1. The third kappa shape index (κ3) is 2.63. The molecule has 0 spiro atoms. The molecule has 0 saturated heterocycles. The molecule has 3 aromatic heterocycles. The minimum atomic E-state index is 0.789. The van der Waals surface area contributed by atoms with E-state index in [1.807, 2.05) is 28.8 Å². The van der Waals surface area contributed by atoms with Crippen LogP contribution in [-0.2, 0) is 13.1 Å². The van der Waals surface area contributed by atoms with Gasteiger partial charge < -0.3 is 9.72 Å². The van der Waals surface area contributed by atoms with Crippen LogP contribution in [0.4, 0.5) is 0 Å². The van der Waals surface area contributed by atoms with Crippen LogP contribution < -0.4 is 5.32 Å². The lowest BCUT2D eigenvalue weighted by atomic mass is 10.4. The van der Waals surface area contributed by atoms with Gasteiger partial charge in [0, 0.05) is 30.4 Å². The van der Waals surface area contributed by atoms with E-state index in [4.69, 9.17) is 0 Å². The number of hydrogen-bond donors (Lipinski definition) is 1. The van der Waals surface area contributed by atoms with Crippen LogP contribution >= 0.6 is 27.3 Å². The number of rotatable bonds is 4. The molecule has 0 fully saturated rings. The minimum absolute atomic E-state index is 0.789. The summed E-state index contributed by atoms with van der Waals surface area (Å²) in [6.45, 7) is 1.67. The molecule has 18 heavy (non-hydrogen) atoms. The van der Waals surface area contributed by atoms with Crippen molar-refractivity contribution in [3.63, 3.8) is 0 Å². The fourth-order valence-electron chi connectivity index (χ4n) is 1.83. The van der Waals surface area contributed by atoms with E-state index in [2.05, 4.69) is 44.6 Å². The zero-order chi connectivity index (χ0) is 12.4. The molecule has 0 aliphatic rings. The Hall–Kier alpha value is -1.17. The highest BCUT2D eigenvalue weighted by Crippen LogP contribution is 2.21. The molecule has 0 saturated carbocycles. The summed E-state index contributed by atoms with van der Waals surface area (Å²) < 4.78 is 3.21. The summed E-state index contributed by atoms with van der Waals surface area (Å²) >= 11 is 5.22. The molecular formula is C13H12BrN3S. The topological polar surface area (TPSA) is 29.3 Å². The summed E-state index contributed by atoms with van der Waals surface area (Å²) in [5.74, 6) is 0. The molecule has 1 N–H and O–H groups in total. The molecule has 0 unspecified atom stereocenters. The molecule has 0 atom stereocenters. The van der Waals surface area contributed by atoms with Crippen molar-refractivity contribution in [2.24, 2.45) is 0 Å². The molecule has 3 heterocycles. The fourth-order valence-corrected chi connectivity index (χ4v) is 3.29. The van der Waals surface area contributed by atoms with Gasteiger partial charge in [0.25, 0.3) is 0 Å². The van der Waals surface area contributed by atoms with Gasteiger partial charge in [-0.25, -0.2) is 4.98 Å². The summed E-state index contributed by atoms with van der Waals surface area (Å²) in [6, 6.07) is 10.2. The van der Waals surface area contributed by atoms with Gasteiger partial charge in [0.15, 0.2) is 0 Å². The number of nitrogens with one attached hydrogen (secondary N) is 1. The van der Waals surface area contributed by atoms with Crippen LogP contribution in [0, 0.1) is 0 Å². The molecule has 0 aliphatic carbocycles. The van der Waals surface area contributed by atoms with Crippen molar-refractivity contribution in [1.29, 1.82) is 0 Å². The Bertz CT molecular complexity index is 626. The zero-order valence-corrected chi connectivity index (χ0v) is 12.0. The molecule has 0 radical (unpaired) electrons. The predicted molar refractivity (Wildman–Crippen MR) is 77.8 cm³/mol. The van der Waals surface area contributed by atoms with Crippen molar-refractivity contribution >= 4 is 32.9 Å². The Kier molecular flexibility index (Phi) is 3.45. The van der Waals surface area contributed by atoms with Crippen molar-refractivity contribution < 1.29 is 0 Å². The largest absolute Gasteiger partial charge is 0.307 e. The molecule has 0 aliphatic heterocycles. The van der Waals surface area contributed by atoms with Crippen LogP contribution in [0.5, 0.6) is 0 Å². The lowest BCUT2D eigenvalue weighted by molar-refractivity contribution is 0.690. The van der Waals surface area contributed by atoms with Crippen LogP contribution in [0.25, 0.3) is 5.65 Å². The number of pyridine rings is 1. The van der Waals surface area contributed by atoms with Crippen LogP contribution in [0.2, 0.25) is 0 Å². The molecular weight excluding hydrogens is 310 g/mol. The van der Waals surface area contributed by atoms with Gasteiger partial charge in [0.05, 0.1) is 9.48 Å². The predicted octanol–water partition coefficient (Wildman–Crippen LogP) is 3.45. The Labute approximate surface area is 118 Å². The number of thiophene rings is 1. The van der Waals surface area contributed by atoms with Gasteiger partial charge in [-0.05, 0) is 40.2 Å². The van der Waals surface area contributed by atoms with E-state index in [1.54, 1.807) is 11.3 Å². The zero-order valence-electron chi connectivity index (χ0n) is 9.64. The smallest absolute Gasteiger partial charge is 0.137 e. The maximum Gasteiger partial charge on any atom is 0.137 e. The summed E-state index contributed by atoms with van der Waals surface area (Å²) in [5.41, 5.74) is 2.06. The van der Waals surface area contributed by atoms with Gasteiger partial charge in [0.2, 0.25) is 0 Å². The molecule has 5 heteroatoms. The number of aromatic nitrogens is 2. The molecule has 3 rings (SSSR count). The summed E-state index contributed by atoms with van der Waals surface area (Å²) in [6.07, 6.45) is 4.08. The van der Waals surface area contributed by atoms with Crippen LogP contribution in [0.15, 0.2) is 46.5 Å². The van der Waals surface area contributed by atoms with Gasteiger partial charge in [-0.3, -0.25) is 0 Å². The number of halogens is 1. The number of imidazole rings is 1. The third-order valence-corrected chi connectivity index (χ3v) is 4.27. The lowest BCUT2D eigenvalue weighted by Gasteiger charge is -1.99. The number of hydrogen-bond acceptors (Lipinski definition) is 3. The maximum absolute atomic E-state index is 4.54. The van der Waals surface area contributed by atoms with E-state index in [9.17, 15) is 0 Å². The monoisotopic (exact) mass is 321 g/mol. The van der Waals surface area contributed by atoms with Crippen molar-refractivity contribution in [2.45, 2.75) is 13.1 Å². The first-order valence-electron chi connectivity index (χ1n) is 5.69. The van der Waals surface area contributed by atoms with Crippen molar-refractivity contribution in [2.75, 3.05) is 0 Å². The molecule has 3 aromatic rings. The Morgan fingerprint density at radius 2 is 2.17 bits per heavy atom. The van der Waals surface area contributed by atoms with Crippen molar-refractivity contribution in [1.82, 2.24) is 14.7 Å². The van der Waals surface area contributed by atoms with Gasteiger partial charge in [-0.1, -0.05) is 6.07 Å². The maximum atomic E-state index is 4.54. The summed E-state index contributed by atoms with van der Waals surface area (Å²) in [5, 5.41) is 3.41. The number of nitrogens with zero attached hydrogens (tertiary/aromatic N) is 2. The van der Waals surface area contributed by atoms with Gasteiger partial charge in [-0.15, -0.1) is 11.3 Å². The minimum Gasteiger partial charge on any atom is -0.307 e. The van der Waals surface area contributed by atoms with Gasteiger partial charge in [0.1, 0.15) is 5.65 Å². The molecule has 92 valence electrons. The second-order valence-electron chi connectivity index (χ2n) is 4.01. The fraction of sp³-hybridized carbons (Fsp3) is 0.154. The average molecular weight is 322 g/mol. The van der Waals surface area contributed by atoms with E-state index in [0.717, 1.165) is 24.4 Å². The van der Waals surface area contributed by atoms with Crippen molar-refractivity contribution in [3.05, 3.63) is 57.1 Å². The first-order valence-corrected chi connectivity index (χ1v) is 7.30. The highest BCUT2D eigenvalue weighted by atomic mass is 79.9. The Morgan fingerprint density at radius 1 is 1.22 bits per heavy atom. The first-order chi connectivity index (χ1) is 8.81. The average Bonchev–Trinajstić information content (AvgIpc) is 2.95. The number of fused-ring (bicyclic) bond motifs is 1. The Morgan fingerprint density at radius 3 is 2.94 bits per heavy atom. The van der Waals surface area contributed by atoms with E-state index in [1.165, 1.54) is 8.66 Å². The highest BCUT2D eigenvalue weighted by Gasteiger charge is 2.01. The molecule has 0 bridgehead atoms. The van der Waals surface area contributed by atoms with Crippen LogP contribution in [-0.4, -0.2) is 9.38 Å². The molecule has 0 amide bonds. The van der Waals surface area contributed by atoms with E-state index in [-0.39, 0.29) is 0 Å². The van der Waals surface area contributed by atoms with E-state index in [0.29, 0.717) is 0 Å². The quantitative estimate of drug-likeness (QED) is 0.797. The van der Waals surface area contributed by atoms with Crippen LogP contribution in [0.3, 0.4) is 0 Å². The first kappa shape index (κ1) is 11.9. The normalized spacial score (nSPS) is 11.2. The van der Waals surface area contributed by atoms with Crippen LogP contribution in [0.1, 0.15) is 10.6 Å². The highest BCUT2D eigenvalue weighted by molar-refractivity contribution is 9.11. The van der Waals surface area contributed by atoms with E-state index < -0.39 is 0 Å². The molecule has 3 nitrogen and oxygen atoms in total. The molecule has 0 aromatic carbocycles. The second kappa shape index (κ2) is 5.22. The standard InChI is InChI=1S/C13H12BrN3S/c14-12-5-4-11(18-12)8-15-7-10-9-17-6-2-1-3-13(17)16-10/h1-6,9,15H,7-8H2. The van der Waals surface area contributed by atoms with Gasteiger partial charge in [-0.2, -0.15) is 0 Å². The summed E-state index contributed by atoms with van der Waals surface area (Å²) in [4.78, 5) is 5.87. The Balaban J connectivity index is 1.62. The second-order valence-corrected chi connectivity index (χ2v) is 6.56. The third-order valence-electron chi connectivity index (χ3n) is 2.65. The van der Waals surface area contributed by atoms with Crippen molar-refractivity contribution in [3.8, 4) is 0 Å². The van der Waals surface area contributed by atoms with E-state index >= 15 is 0 Å². The van der Waals surface area contributed by atoms with Gasteiger partial charge >= 0.3 is 0 Å².